The van der Waals surface area contributed by atoms with Crippen LogP contribution in [0, 0.1) is 28.6 Å². The maximum atomic E-state index is 12.5. The molecule has 194 valence electrons. The van der Waals surface area contributed by atoms with E-state index >= 15 is 0 Å². The number of aliphatic hydroxyl groups excluding tert-OH is 2. The zero-order valence-electron chi connectivity index (χ0n) is 20.9. The predicted molar refractivity (Wildman–Crippen MR) is 119 cm³/mol. The number of hydrogen-bond donors (Lipinski definition) is 5. The quantitative estimate of drug-likeness (QED) is 0.364. The largest absolute Gasteiger partial charge is 0.461 e. The van der Waals surface area contributed by atoms with E-state index in [1.807, 2.05) is 0 Å². The van der Waals surface area contributed by atoms with E-state index in [1.54, 1.807) is 34.6 Å². The molecule has 5 N–H and O–H groups in total. The molecule has 2 bridgehead atoms. The van der Waals surface area contributed by atoms with Crippen molar-refractivity contribution in [1.82, 2.24) is 0 Å². The van der Waals surface area contributed by atoms with Crippen molar-refractivity contribution in [2.45, 2.75) is 115 Å². The lowest BCUT2D eigenvalue weighted by atomic mass is 9.56. The van der Waals surface area contributed by atoms with E-state index in [4.69, 9.17) is 9.47 Å². The van der Waals surface area contributed by atoms with Crippen LogP contribution in [0.4, 0.5) is 0 Å². The van der Waals surface area contributed by atoms with Crippen LogP contribution >= 0.6 is 0 Å². The molecule has 4 rings (SSSR count). The van der Waals surface area contributed by atoms with Gasteiger partial charge >= 0.3 is 11.9 Å². The first-order valence-electron chi connectivity index (χ1n) is 12.4. The van der Waals surface area contributed by atoms with Crippen LogP contribution in [0.25, 0.3) is 0 Å². The summed E-state index contributed by atoms with van der Waals surface area (Å²) in [6.45, 7) is 9.30. The third-order valence-electron chi connectivity index (χ3n) is 10.2. The molecule has 0 aromatic carbocycles. The summed E-state index contributed by atoms with van der Waals surface area (Å²) in [4.78, 5) is 24.7. The predicted octanol–water partition coefficient (Wildman–Crippen LogP) is 0.671. The van der Waals surface area contributed by atoms with Gasteiger partial charge in [0, 0.05) is 36.0 Å². The van der Waals surface area contributed by atoms with Crippen LogP contribution in [0.2, 0.25) is 0 Å². The highest BCUT2D eigenvalue weighted by atomic mass is 16.6. The van der Waals surface area contributed by atoms with Gasteiger partial charge in [-0.3, -0.25) is 9.59 Å². The maximum Gasteiger partial charge on any atom is 0.305 e. The zero-order chi connectivity index (χ0) is 25.6. The third-order valence-corrected chi connectivity index (χ3v) is 10.2. The van der Waals surface area contributed by atoms with Crippen molar-refractivity contribution in [3.63, 3.8) is 0 Å². The molecule has 9 nitrogen and oxygen atoms in total. The summed E-state index contributed by atoms with van der Waals surface area (Å²) in [6.07, 6.45) is -4.08. The molecule has 4 fully saturated rings. The number of esters is 2. The van der Waals surface area contributed by atoms with Crippen LogP contribution in [0.5, 0.6) is 0 Å². The van der Waals surface area contributed by atoms with Gasteiger partial charge in [-0.25, -0.2) is 0 Å². The molecule has 11 atom stereocenters. The van der Waals surface area contributed by atoms with Gasteiger partial charge in [0.1, 0.15) is 17.8 Å². The van der Waals surface area contributed by atoms with E-state index < -0.39 is 81.7 Å². The fraction of sp³-hybridized carbons (Fsp3) is 0.920. The van der Waals surface area contributed by atoms with Crippen molar-refractivity contribution in [2.24, 2.45) is 28.6 Å². The van der Waals surface area contributed by atoms with Crippen LogP contribution in [-0.4, -0.2) is 78.7 Å². The van der Waals surface area contributed by atoms with Crippen molar-refractivity contribution in [3.05, 3.63) is 0 Å². The van der Waals surface area contributed by atoms with Gasteiger partial charge in [0.25, 0.3) is 0 Å². The number of aliphatic hydroxyl groups is 5. The Kier molecular flexibility index (Phi) is 5.79. The highest BCUT2D eigenvalue weighted by Gasteiger charge is 2.80. The van der Waals surface area contributed by atoms with Crippen LogP contribution in [0.15, 0.2) is 0 Å². The average molecular weight is 485 g/mol. The Morgan fingerprint density at radius 2 is 1.56 bits per heavy atom. The summed E-state index contributed by atoms with van der Waals surface area (Å²) < 4.78 is 11.5. The number of rotatable bonds is 3. The Morgan fingerprint density at radius 1 is 0.941 bits per heavy atom. The molecule has 4 aliphatic carbocycles. The molecule has 3 unspecified atom stereocenters. The van der Waals surface area contributed by atoms with Gasteiger partial charge in [-0.15, -0.1) is 0 Å². The Hall–Kier alpha value is -1.26. The van der Waals surface area contributed by atoms with Crippen LogP contribution < -0.4 is 0 Å². The van der Waals surface area contributed by atoms with Crippen LogP contribution in [0.1, 0.15) is 73.6 Å². The Labute approximate surface area is 200 Å². The molecule has 0 saturated heterocycles. The summed E-state index contributed by atoms with van der Waals surface area (Å²) >= 11 is 0. The molecular formula is C25H40O9. The van der Waals surface area contributed by atoms with E-state index in [9.17, 15) is 35.1 Å². The van der Waals surface area contributed by atoms with Gasteiger partial charge in [0.05, 0.1) is 17.3 Å². The molecule has 34 heavy (non-hydrogen) atoms. The molecule has 9 heteroatoms. The molecule has 0 aliphatic heterocycles. The van der Waals surface area contributed by atoms with Crippen molar-refractivity contribution in [1.29, 1.82) is 0 Å². The van der Waals surface area contributed by atoms with Crippen LogP contribution in [0.3, 0.4) is 0 Å². The number of carbonyl (C=O) groups excluding carboxylic acids is 2. The first kappa shape index (κ1) is 25.8. The smallest absolute Gasteiger partial charge is 0.305 e. The number of carbonyl (C=O) groups is 2. The zero-order valence-corrected chi connectivity index (χ0v) is 20.9. The van der Waals surface area contributed by atoms with E-state index in [0.717, 1.165) is 0 Å². The Balaban J connectivity index is 1.99. The molecule has 0 aromatic rings. The fourth-order valence-corrected chi connectivity index (χ4v) is 8.44. The second kappa shape index (κ2) is 7.62. The molecule has 0 heterocycles. The lowest BCUT2D eigenvalue weighted by Crippen LogP contribution is -2.65. The SMILES string of the molecule is CCC(=O)O[C@@H]1C2CCC3C1(C[C@@]2(C)O)[C@H](O)[C@@H](OC(C)=O)[C@@]1(O)[C@@H](C[C@H](O)C1(C)C)[C@]3(C)O. The molecule has 1 spiro atoms. The fourth-order valence-electron chi connectivity index (χ4n) is 8.44. The van der Waals surface area contributed by atoms with Crippen molar-refractivity contribution in [3.8, 4) is 0 Å². The molecule has 4 saturated carbocycles. The summed E-state index contributed by atoms with van der Waals surface area (Å²) in [5.41, 5.74) is -7.56. The van der Waals surface area contributed by atoms with Crippen molar-refractivity contribution in [2.75, 3.05) is 0 Å². The van der Waals surface area contributed by atoms with Gasteiger partial charge in [-0.2, -0.15) is 0 Å². The Morgan fingerprint density at radius 3 is 2.12 bits per heavy atom. The maximum absolute atomic E-state index is 12.5. The van der Waals surface area contributed by atoms with E-state index in [1.165, 1.54) is 6.92 Å². The second-order valence-electron chi connectivity index (χ2n) is 12.2. The highest BCUT2D eigenvalue weighted by molar-refractivity contribution is 5.69. The minimum Gasteiger partial charge on any atom is -0.461 e. The van der Waals surface area contributed by atoms with Gasteiger partial charge in [0.15, 0.2) is 6.10 Å². The normalized spacial score (nSPS) is 53.4. The highest BCUT2D eigenvalue weighted by Crippen LogP contribution is 2.70. The van der Waals surface area contributed by atoms with Gasteiger partial charge in [-0.1, -0.05) is 20.8 Å². The summed E-state index contributed by atoms with van der Waals surface area (Å²) in [6, 6.07) is 0. The molecule has 4 aliphatic rings. The molecular weight excluding hydrogens is 444 g/mol. The molecule has 0 aromatic heterocycles. The number of fused-ring (bicyclic) bond motifs is 2. The first-order valence-corrected chi connectivity index (χ1v) is 12.4. The summed E-state index contributed by atoms with van der Waals surface area (Å²) in [5, 5.41) is 58.9. The van der Waals surface area contributed by atoms with E-state index in [2.05, 4.69) is 0 Å². The number of ether oxygens (including phenoxy) is 2. The van der Waals surface area contributed by atoms with E-state index in [-0.39, 0.29) is 19.3 Å². The lowest BCUT2D eigenvalue weighted by molar-refractivity contribution is -0.235. The van der Waals surface area contributed by atoms with Gasteiger partial charge in [-0.05, 0) is 45.4 Å². The minimum atomic E-state index is -1.99. The number of hydrogen-bond acceptors (Lipinski definition) is 9. The summed E-state index contributed by atoms with van der Waals surface area (Å²) in [5.74, 6) is -3.37. The van der Waals surface area contributed by atoms with Crippen molar-refractivity contribution >= 4 is 11.9 Å². The lowest BCUT2D eigenvalue weighted by Gasteiger charge is -2.53. The molecule has 0 radical (unpaired) electrons. The van der Waals surface area contributed by atoms with Gasteiger partial charge < -0.3 is 35.0 Å². The minimum absolute atomic E-state index is 0.00213. The van der Waals surface area contributed by atoms with Crippen molar-refractivity contribution < 1.29 is 44.6 Å². The standard InChI is InChI=1S/C25H40O9/c1-7-17(28)34-19-13-8-9-14-23(6,31)15-10-16(27)21(3,4)25(15,32)20(33-12(2)26)18(29)24(14,19)11-22(13,5)30/h13-16,18-20,27,29-32H,7-11H2,1-6H3/t13?,14?,15-,16-,18+,19+,20+,22+,23+,24?,25-/m0/s1. The summed E-state index contributed by atoms with van der Waals surface area (Å²) in [7, 11) is 0. The third kappa shape index (κ3) is 3.03. The topological polar surface area (TPSA) is 154 Å². The average Bonchev–Trinajstić information content (AvgIpc) is 2.97. The van der Waals surface area contributed by atoms with Gasteiger partial charge in [0.2, 0.25) is 0 Å². The first-order chi connectivity index (χ1) is 15.5. The molecule has 0 amide bonds. The Bertz CT molecular complexity index is 866. The monoisotopic (exact) mass is 484 g/mol. The van der Waals surface area contributed by atoms with E-state index in [0.29, 0.717) is 12.8 Å². The van der Waals surface area contributed by atoms with Crippen LogP contribution in [-0.2, 0) is 19.1 Å². The second-order valence-corrected chi connectivity index (χ2v) is 12.2.